The number of hydrogen-bond donors (Lipinski definition) is 2. The lowest BCUT2D eigenvalue weighted by atomic mass is 9.94. The molecule has 0 spiro atoms. The van der Waals surface area contributed by atoms with E-state index in [1.807, 2.05) is 21.6 Å². The Kier molecular flexibility index (Phi) is 7.03. The number of fused-ring (bicyclic) bond motifs is 2. The summed E-state index contributed by atoms with van der Waals surface area (Å²) >= 11 is 0. The van der Waals surface area contributed by atoms with Crippen molar-refractivity contribution in [1.29, 1.82) is 0 Å². The van der Waals surface area contributed by atoms with Crippen LogP contribution in [0.3, 0.4) is 0 Å². The second-order valence-corrected chi connectivity index (χ2v) is 10.1. The van der Waals surface area contributed by atoms with Crippen molar-refractivity contribution in [3.8, 4) is 11.5 Å². The Morgan fingerprint density at radius 2 is 1.97 bits per heavy atom. The topological polar surface area (TPSA) is 120 Å². The zero-order valence-corrected chi connectivity index (χ0v) is 21.6. The fourth-order valence-corrected chi connectivity index (χ4v) is 5.20. The van der Waals surface area contributed by atoms with Crippen LogP contribution in [-0.2, 0) is 17.8 Å². The highest BCUT2D eigenvalue weighted by Gasteiger charge is 2.24. The first-order chi connectivity index (χ1) is 17.8. The number of anilines is 2. The van der Waals surface area contributed by atoms with Crippen LogP contribution >= 0.6 is 0 Å². The van der Waals surface area contributed by atoms with Crippen molar-refractivity contribution in [2.24, 2.45) is 5.92 Å². The van der Waals surface area contributed by atoms with Crippen molar-refractivity contribution >= 4 is 28.6 Å². The van der Waals surface area contributed by atoms with Gasteiger partial charge in [-0.1, -0.05) is 0 Å². The minimum Gasteiger partial charge on any atom is -0.486 e. The summed E-state index contributed by atoms with van der Waals surface area (Å²) < 4.78 is 27.8. The van der Waals surface area contributed by atoms with Crippen LogP contribution < -0.4 is 20.5 Å². The van der Waals surface area contributed by atoms with Gasteiger partial charge in [0.15, 0.2) is 28.5 Å². The molecule has 5 rings (SSSR count). The Morgan fingerprint density at radius 3 is 2.70 bits per heavy atom. The molecule has 4 heterocycles. The predicted octanol–water partition coefficient (Wildman–Crippen LogP) is 3.38. The van der Waals surface area contributed by atoms with E-state index in [1.165, 1.54) is 0 Å². The fraction of sp³-hybridized carbons (Fsp3) is 0.538. The van der Waals surface area contributed by atoms with Crippen molar-refractivity contribution < 1.29 is 18.7 Å². The smallest absolute Gasteiger partial charge is 0.312 e. The number of carbonyl (C=O) groups is 1. The summed E-state index contributed by atoms with van der Waals surface area (Å²) in [6, 6.07) is 4.14. The monoisotopic (exact) mass is 511 g/mol. The molecule has 3 aromatic rings. The van der Waals surface area contributed by atoms with E-state index in [2.05, 4.69) is 29.1 Å². The largest absolute Gasteiger partial charge is 0.486 e. The number of nitrogens with zero attached hydrogens (tertiary/aromatic N) is 5. The molecular formula is C26H34FN7O3. The molecule has 10 nitrogen and oxygen atoms in total. The first-order valence-corrected chi connectivity index (χ1v) is 12.9. The quantitative estimate of drug-likeness (QED) is 0.463. The first kappa shape index (κ1) is 25.0. The van der Waals surface area contributed by atoms with Crippen LogP contribution in [-0.4, -0.2) is 62.7 Å². The molecule has 198 valence electrons. The average molecular weight is 512 g/mol. The summed E-state index contributed by atoms with van der Waals surface area (Å²) in [5.74, 6) is 2.57. The van der Waals surface area contributed by atoms with Crippen molar-refractivity contribution in [1.82, 2.24) is 24.4 Å². The molecule has 2 aliphatic heterocycles. The summed E-state index contributed by atoms with van der Waals surface area (Å²) in [6.07, 6.45) is 2.41. The number of ether oxygens (including phenoxy) is 2. The Morgan fingerprint density at radius 1 is 1.22 bits per heavy atom. The summed E-state index contributed by atoms with van der Waals surface area (Å²) in [4.78, 5) is 26.3. The average Bonchev–Trinajstić information content (AvgIpc) is 3.20. The highest BCUT2D eigenvalue weighted by molar-refractivity contribution is 5.82. The number of nitrogens with one attached hydrogen (secondary N) is 1. The van der Waals surface area contributed by atoms with Crippen molar-refractivity contribution in [3.63, 3.8) is 0 Å². The molecule has 1 aromatic carbocycles. The molecule has 1 atom stereocenters. The summed E-state index contributed by atoms with van der Waals surface area (Å²) in [5, 5.41) is 3.49. The molecule has 2 aromatic heterocycles. The maximum Gasteiger partial charge on any atom is 0.312 e. The number of likely N-dealkylation sites (tertiary alicyclic amines) is 1. The summed E-state index contributed by atoms with van der Waals surface area (Å²) in [5.41, 5.74) is 8.72. The molecule has 1 fully saturated rings. The molecule has 1 saturated heterocycles. The highest BCUT2D eigenvalue weighted by atomic mass is 19.1. The van der Waals surface area contributed by atoms with E-state index in [0.717, 1.165) is 43.6 Å². The van der Waals surface area contributed by atoms with E-state index in [-0.39, 0.29) is 17.8 Å². The number of benzene rings is 1. The van der Waals surface area contributed by atoms with Gasteiger partial charge in [-0.2, -0.15) is 14.4 Å². The van der Waals surface area contributed by atoms with E-state index in [9.17, 15) is 9.18 Å². The van der Waals surface area contributed by atoms with Gasteiger partial charge in [-0.05, 0) is 50.7 Å². The van der Waals surface area contributed by atoms with E-state index in [1.54, 1.807) is 6.92 Å². The minimum atomic E-state index is -0.875. The van der Waals surface area contributed by atoms with Gasteiger partial charge in [-0.15, -0.1) is 0 Å². The molecule has 37 heavy (non-hydrogen) atoms. The molecule has 0 radical (unpaired) electrons. The van der Waals surface area contributed by atoms with Crippen LogP contribution in [0.15, 0.2) is 12.1 Å². The lowest BCUT2D eigenvalue weighted by Crippen LogP contribution is -2.38. The minimum absolute atomic E-state index is 0.0191. The van der Waals surface area contributed by atoms with Crippen LogP contribution in [0.2, 0.25) is 0 Å². The van der Waals surface area contributed by atoms with Crippen molar-refractivity contribution in [3.05, 3.63) is 29.6 Å². The first-order valence-electron chi connectivity index (χ1n) is 12.9. The molecular weight excluding hydrogens is 477 g/mol. The highest BCUT2D eigenvalue weighted by Crippen LogP contribution is 2.37. The van der Waals surface area contributed by atoms with Crippen LogP contribution in [0, 0.1) is 12.0 Å². The van der Waals surface area contributed by atoms with E-state index >= 15 is 0 Å². The van der Waals surface area contributed by atoms with E-state index in [0.29, 0.717) is 60.6 Å². The van der Waals surface area contributed by atoms with Crippen LogP contribution in [0.25, 0.3) is 11.2 Å². The predicted molar refractivity (Wildman–Crippen MR) is 138 cm³/mol. The lowest BCUT2D eigenvalue weighted by molar-refractivity contribution is -0.130. The van der Waals surface area contributed by atoms with Gasteiger partial charge in [0, 0.05) is 50.8 Å². The Hall–Kier alpha value is -3.63. The number of imidazole rings is 1. The molecule has 0 aliphatic carbocycles. The Bertz CT molecular complexity index is 1310. The number of nitrogen functional groups attached to an aromatic ring is 1. The van der Waals surface area contributed by atoms with Crippen LogP contribution in [0.4, 0.5) is 15.9 Å². The van der Waals surface area contributed by atoms with Gasteiger partial charge < -0.3 is 30.0 Å². The van der Waals surface area contributed by atoms with E-state index in [4.69, 9.17) is 20.2 Å². The third-order valence-electron chi connectivity index (χ3n) is 6.96. The zero-order valence-electron chi connectivity index (χ0n) is 21.6. The van der Waals surface area contributed by atoms with Gasteiger partial charge in [0.2, 0.25) is 5.91 Å². The molecule has 11 heteroatoms. The molecule has 1 amide bonds. The number of piperidine rings is 1. The normalized spacial score (nSPS) is 17.4. The molecule has 3 N–H and O–H groups in total. The lowest BCUT2D eigenvalue weighted by Gasteiger charge is -2.32. The van der Waals surface area contributed by atoms with Crippen LogP contribution in [0.5, 0.6) is 11.5 Å². The van der Waals surface area contributed by atoms with Gasteiger partial charge in [0.05, 0.1) is 0 Å². The number of aryl methyl sites for hydroxylation is 1. The van der Waals surface area contributed by atoms with Gasteiger partial charge >= 0.3 is 6.08 Å². The maximum atomic E-state index is 14.2. The van der Waals surface area contributed by atoms with Gasteiger partial charge in [0.25, 0.3) is 0 Å². The SMILES string of the molecule is CC(=O)N1CCCC(CCn2c(Cc3cc4c(cc3NC(C)C)OCCO4)nc3c(N)nc(F)nc32)C1. The third kappa shape index (κ3) is 5.40. The van der Waals surface area contributed by atoms with E-state index < -0.39 is 6.08 Å². The summed E-state index contributed by atoms with van der Waals surface area (Å²) in [6.45, 7) is 8.87. The second kappa shape index (κ2) is 10.4. The number of amides is 1. The molecule has 2 aliphatic rings. The fourth-order valence-electron chi connectivity index (χ4n) is 5.20. The van der Waals surface area contributed by atoms with Gasteiger partial charge in [-0.25, -0.2) is 4.98 Å². The Balaban J connectivity index is 1.50. The number of nitrogens with two attached hydrogens (primary N) is 1. The van der Waals surface area contributed by atoms with Gasteiger partial charge in [-0.3, -0.25) is 4.79 Å². The standard InChI is InChI=1S/C26H34FN7O3/c1-15(2)29-19-13-21-20(36-9-10-37-21)11-18(19)12-22-30-23-24(28)31-26(27)32-25(23)34(22)8-6-17-5-4-7-33(14-17)16(3)35/h11,13,15,17,29H,4-10,12,14H2,1-3H3,(H2,28,31,32). The Labute approximate surface area is 215 Å². The third-order valence-corrected chi connectivity index (χ3v) is 6.96. The second-order valence-electron chi connectivity index (χ2n) is 10.1. The zero-order chi connectivity index (χ0) is 26.1. The molecule has 0 bridgehead atoms. The van der Waals surface area contributed by atoms with Crippen molar-refractivity contribution in [2.45, 2.75) is 59.0 Å². The number of rotatable bonds is 7. The van der Waals surface area contributed by atoms with Gasteiger partial charge in [0.1, 0.15) is 19.0 Å². The van der Waals surface area contributed by atoms with Crippen molar-refractivity contribution in [2.75, 3.05) is 37.4 Å². The molecule has 1 unspecified atom stereocenters. The number of halogens is 1. The number of aromatic nitrogens is 4. The molecule has 0 saturated carbocycles. The number of hydrogen-bond acceptors (Lipinski definition) is 8. The maximum absolute atomic E-state index is 14.2. The summed E-state index contributed by atoms with van der Waals surface area (Å²) in [7, 11) is 0. The van der Waals surface area contributed by atoms with Crippen LogP contribution in [0.1, 0.15) is 51.4 Å². The number of carbonyl (C=O) groups excluding carboxylic acids is 1.